The normalized spacial score (nSPS) is 14.7. The number of furan rings is 1. The molecule has 0 N–H and O–H groups in total. The van der Waals surface area contributed by atoms with Gasteiger partial charge >= 0.3 is 0 Å². The van der Waals surface area contributed by atoms with Crippen molar-refractivity contribution in [1.29, 1.82) is 0 Å². The van der Waals surface area contributed by atoms with E-state index in [-0.39, 0.29) is 17.8 Å². The molecule has 1 fully saturated rings. The molecule has 22 heavy (non-hydrogen) atoms. The molecule has 0 aliphatic carbocycles. The number of carbonyl (C=O) groups is 1. The van der Waals surface area contributed by atoms with Gasteiger partial charge in [0.05, 0.1) is 26.1 Å². The van der Waals surface area contributed by atoms with Crippen LogP contribution in [0.4, 0.5) is 4.39 Å². The molecule has 0 atom stereocenters. The Morgan fingerprint density at radius 3 is 2.86 bits per heavy atom. The summed E-state index contributed by atoms with van der Waals surface area (Å²) in [5, 5.41) is 0. The lowest BCUT2D eigenvalue weighted by atomic mass is 10.1. The second-order valence-electron chi connectivity index (χ2n) is 5.09. The Kier molecular flexibility index (Phi) is 4.11. The summed E-state index contributed by atoms with van der Waals surface area (Å²) < 4.78 is 29.1. The topological polar surface area (TPSA) is 51.9 Å². The molecule has 1 aromatic carbocycles. The summed E-state index contributed by atoms with van der Waals surface area (Å²) in [6.45, 7) is 1.32. The number of benzene rings is 1. The standard InChI is InChI=1S/C16H16FNO4/c1-20-14-5-4-11(7-13(14)17)10-22-12-8-18(9-12)16(19)15-3-2-6-21-15/h2-7,12H,8-10H2,1H3. The van der Waals surface area contributed by atoms with Gasteiger partial charge in [-0.1, -0.05) is 6.07 Å². The Hall–Kier alpha value is -2.34. The molecule has 2 aromatic rings. The van der Waals surface area contributed by atoms with E-state index in [0.29, 0.717) is 25.5 Å². The highest BCUT2D eigenvalue weighted by atomic mass is 19.1. The van der Waals surface area contributed by atoms with E-state index in [1.807, 2.05) is 0 Å². The molecule has 3 rings (SSSR count). The fourth-order valence-electron chi connectivity index (χ4n) is 2.28. The van der Waals surface area contributed by atoms with Crippen LogP contribution < -0.4 is 4.74 Å². The van der Waals surface area contributed by atoms with Crippen LogP contribution in [0.1, 0.15) is 16.1 Å². The van der Waals surface area contributed by atoms with Crippen molar-refractivity contribution in [1.82, 2.24) is 4.90 Å². The molecule has 1 aliphatic heterocycles. The molecule has 0 saturated carbocycles. The molecule has 1 aliphatic rings. The van der Waals surface area contributed by atoms with E-state index in [0.717, 1.165) is 5.56 Å². The monoisotopic (exact) mass is 305 g/mol. The van der Waals surface area contributed by atoms with E-state index < -0.39 is 5.82 Å². The zero-order valence-electron chi connectivity index (χ0n) is 12.1. The molecule has 0 unspecified atom stereocenters. The van der Waals surface area contributed by atoms with Gasteiger partial charge in [0, 0.05) is 13.1 Å². The van der Waals surface area contributed by atoms with Gasteiger partial charge in [-0.05, 0) is 29.8 Å². The van der Waals surface area contributed by atoms with E-state index >= 15 is 0 Å². The molecular formula is C16H16FNO4. The van der Waals surface area contributed by atoms with E-state index in [1.54, 1.807) is 29.2 Å². The fourth-order valence-corrected chi connectivity index (χ4v) is 2.28. The third-order valence-electron chi connectivity index (χ3n) is 3.57. The average Bonchev–Trinajstić information content (AvgIpc) is 2.99. The summed E-state index contributed by atoms with van der Waals surface area (Å²) >= 11 is 0. The zero-order valence-corrected chi connectivity index (χ0v) is 12.1. The molecular weight excluding hydrogens is 289 g/mol. The van der Waals surface area contributed by atoms with Gasteiger partial charge < -0.3 is 18.8 Å². The van der Waals surface area contributed by atoms with Crippen LogP contribution >= 0.6 is 0 Å². The second kappa shape index (κ2) is 6.19. The van der Waals surface area contributed by atoms with Crippen LogP contribution in [-0.2, 0) is 11.3 Å². The number of amides is 1. The second-order valence-corrected chi connectivity index (χ2v) is 5.09. The Bertz CT molecular complexity index is 650. The Morgan fingerprint density at radius 1 is 1.41 bits per heavy atom. The number of methoxy groups -OCH3 is 1. The van der Waals surface area contributed by atoms with Crippen LogP contribution in [0.25, 0.3) is 0 Å². The third-order valence-corrected chi connectivity index (χ3v) is 3.57. The van der Waals surface area contributed by atoms with Crippen molar-refractivity contribution >= 4 is 5.91 Å². The van der Waals surface area contributed by atoms with Gasteiger partial charge in [-0.3, -0.25) is 4.79 Å². The van der Waals surface area contributed by atoms with Crippen molar-refractivity contribution in [3.05, 3.63) is 53.7 Å². The minimum Gasteiger partial charge on any atom is -0.494 e. The van der Waals surface area contributed by atoms with Crippen LogP contribution in [0.15, 0.2) is 41.0 Å². The molecule has 2 heterocycles. The maximum Gasteiger partial charge on any atom is 0.289 e. The van der Waals surface area contributed by atoms with E-state index in [9.17, 15) is 9.18 Å². The molecule has 5 nitrogen and oxygen atoms in total. The van der Waals surface area contributed by atoms with Crippen LogP contribution in [-0.4, -0.2) is 37.1 Å². The van der Waals surface area contributed by atoms with Gasteiger partial charge in [0.1, 0.15) is 0 Å². The maximum atomic E-state index is 13.6. The highest BCUT2D eigenvalue weighted by molar-refractivity contribution is 5.92. The smallest absolute Gasteiger partial charge is 0.289 e. The SMILES string of the molecule is COc1ccc(COC2CN(C(=O)c3ccco3)C2)cc1F. The van der Waals surface area contributed by atoms with Gasteiger partial charge in [0.2, 0.25) is 0 Å². The first-order chi connectivity index (χ1) is 10.7. The minimum absolute atomic E-state index is 0.0379. The van der Waals surface area contributed by atoms with Crippen LogP contribution in [0, 0.1) is 5.82 Å². The number of likely N-dealkylation sites (tertiary alicyclic amines) is 1. The Labute approximate surface area is 127 Å². The van der Waals surface area contributed by atoms with Crippen LogP contribution in [0.3, 0.4) is 0 Å². The largest absolute Gasteiger partial charge is 0.494 e. The van der Waals surface area contributed by atoms with Gasteiger partial charge in [-0.15, -0.1) is 0 Å². The molecule has 0 spiro atoms. The van der Waals surface area contributed by atoms with Crippen molar-refractivity contribution in [2.45, 2.75) is 12.7 Å². The molecule has 116 valence electrons. The molecule has 0 bridgehead atoms. The highest BCUT2D eigenvalue weighted by Crippen LogP contribution is 2.20. The zero-order chi connectivity index (χ0) is 15.5. The van der Waals surface area contributed by atoms with Crippen molar-refractivity contribution < 1.29 is 23.1 Å². The number of carbonyl (C=O) groups excluding carboxylic acids is 1. The van der Waals surface area contributed by atoms with Gasteiger partial charge in [0.25, 0.3) is 5.91 Å². The quantitative estimate of drug-likeness (QED) is 0.851. The lowest BCUT2D eigenvalue weighted by Gasteiger charge is -2.38. The van der Waals surface area contributed by atoms with Gasteiger partial charge in [-0.2, -0.15) is 0 Å². The number of hydrogen-bond donors (Lipinski definition) is 0. The number of halogens is 1. The predicted molar refractivity (Wildman–Crippen MR) is 76.1 cm³/mol. The lowest BCUT2D eigenvalue weighted by molar-refractivity contribution is -0.0512. The summed E-state index contributed by atoms with van der Waals surface area (Å²) in [5.41, 5.74) is 0.731. The van der Waals surface area contributed by atoms with E-state index in [2.05, 4.69) is 0 Å². The Morgan fingerprint density at radius 2 is 2.23 bits per heavy atom. The van der Waals surface area contributed by atoms with Crippen LogP contribution in [0.5, 0.6) is 5.75 Å². The number of ether oxygens (including phenoxy) is 2. The summed E-state index contributed by atoms with van der Waals surface area (Å²) in [5.74, 6) is -0.00883. The number of rotatable bonds is 5. The van der Waals surface area contributed by atoms with Crippen molar-refractivity contribution in [2.24, 2.45) is 0 Å². The lowest BCUT2D eigenvalue weighted by Crippen LogP contribution is -2.54. The maximum absolute atomic E-state index is 13.6. The first kappa shape index (κ1) is 14.6. The van der Waals surface area contributed by atoms with E-state index in [4.69, 9.17) is 13.9 Å². The summed E-state index contributed by atoms with van der Waals surface area (Å²) in [6.07, 6.45) is 1.43. The van der Waals surface area contributed by atoms with Crippen molar-refractivity contribution in [3.8, 4) is 5.75 Å². The molecule has 1 aromatic heterocycles. The predicted octanol–water partition coefficient (Wildman–Crippen LogP) is 2.47. The van der Waals surface area contributed by atoms with Gasteiger partial charge in [-0.25, -0.2) is 4.39 Å². The molecule has 6 heteroatoms. The highest BCUT2D eigenvalue weighted by Gasteiger charge is 2.33. The first-order valence-electron chi connectivity index (χ1n) is 6.94. The minimum atomic E-state index is -0.410. The Balaban J connectivity index is 1.47. The summed E-state index contributed by atoms with van der Waals surface area (Å²) in [4.78, 5) is 13.6. The first-order valence-corrected chi connectivity index (χ1v) is 6.94. The summed E-state index contributed by atoms with van der Waals surface area (Å²) in [7, 11) is 1.42. The molecule has 1 saturated heterocycles. The van der Waals surface area contributed by atoms with Gasteiger partial charge in [0.15, 0.2) is 17.3 Å². The summed E-state index contributed by atoms with van der Waals surface area (Å²) in [6, 6.07) is 8.03. The number of hydrogen-bond acceptors (Lipinski definition) is 4. The van der Waals surface area contributed by atoms with Crippen molar-refractivity contribution in [3.63, 3.8) is 0 Å². The average molecular weight is 305 g/mol. The molecule has 1 amide bonds. The van der Waals surface area contributed by atoms with Crippen LogP contribution in [0.2, 0.25) is 0 Å². The van der Waals surface area contributed by atoms with Crippen molar-refractivity contribution in [2.75, 3.05) is 20.2 Å². The number of nitrogens with zero attached hydrogens (tertiary/aromatic N) is 1. The fraction of sp³-hybridized carbons (Fsp3) is 0.312. The third kappa shape index (κ3) is 2.96. The molecule has 0 radical (unpaired) electrons. The van der Waals surface area contributed by atoms with E-state index in [1.165, 1.54) is 19.4 Å².